The van der Waals surface area contributed by atoms with Gasteiger partial charge in [-0.15, -0.1) is 0 Å². The molecule has 4 nitrogen and oxygen atoms in total. The summed E-state index contributed by atoms with van der Waals surface area (Å²) < 4.78 is 4.50. The van der Waals surface area contributed by atoms with E-state index in [1.165, 1.54) is 7.11 Å². The highest BCUT2D eigenvalue weighted by Gasteiger charge is 2.14. The SMILES string of the molecule is COC(=O)CC#Cc1ccc2c(c1)CCC(=O)N2. The van der Waals surface area contributed by atoms with E-state index in [0.717, 1.165) is 23.2 Å². The van der Waals surface area contributed by atoms with Gasteiger partial charge in [0.15, 0.2) is 0 Å². The van der Waals surface area contributed by atoms with Crippen molar-refractivity contribution in [2.24, 2.45) is 0 Å². The zero-order valence-corrected chi connectivity index (χ0v) is 10.1. The molecule has 0 atom stereocenters. The summed E-state index contributed by atoms with van der Waals surface area (Å²) in [5.74, 6) is 5.37. The van der Waals surface area contributed by atoms with Gasteiger partial charge in [0.05, 0.1) is 7.11 Å². The Kier molecular flexibility index (Phi) is 3.63. The number of amides is 1. The molecule has 92 valence electrons. The highest BCUT2D eigenvalue weighted by molar-refractivity contribution is 5.94. The van der Waals surface area contributed by atoms with Crippen LogP contribution in [-0.4, -0.2) is 19.0 Å². The molecule has 0 aromatic heterocycles. The lowest BCUT2D eigenvalue weighted by atomic mass is 10.0. The number of benzene rings is 1. The van der Waals surface area contributed by atoms with Gasteiger partial charge in [0.1, 0.15) is 6.42 Å². The Bertz CT molecular complexity index is 552. The number of rotatable bonds is 1. The summed E-state index contributed by atoms with van der Waals surface area (Å²) in [7, 11) is 1.34. The maximum atomic E-state index is 11.2. The quantitative estimate of drug-likeness (QED) is 0.600. The number of fused-ring (bicyclic) bond motifs is 1. The molecule has 1 amide bonds. The number of carbonyl (C=O) groups excluding carboxylic acids is 2. The molecule has 2 rings (SSSR count). The number of esters is 1. The molecule has 1 aromatic carbocycles. The van der Waals surface area contributed by atoms with Gasteiger partial charge >= 0.3 is 5.97 Å². The summed E-state index contributed by atoms with van der Waals surface area (Å²) in [4.78, 5) is 22.1. The summed E-state index contributed by atoms with van der Waals surface area (Å²) >= 11 is 0. The van der Waals surface area contributed by atoms with E-state index in [4.69, 9.17) is 0 Å². The van der Waals surface area contributed by atoms with E-state index in [2.05, 4.69) is 21.9 Å². The number of nitrogens with one attached hydrogen (secondary N) is 1. The third kappa shape index (κ3) is 2.89. The van der Waals surface area contributed by atoms with Gasteiger partial charge in [-0.1, -0.05) is 11.8 Å². The van der Waals surface area contributed by atoms with Gasteiger partial charge in [-0.05, 0) is 30.2 Å². The van der Waals surface area contributed by atoms with Crippen molar-refractivity contribution in [3.05, 3.63) is 29.3 Å². The molecule has 0 saturated heterocycles. The molecule has 0 fully saturated rings. The van der Waals surface area contributed by atoms with Gasteiger partial charge < -0.3 is 10.1 Å². The summed E-state index contributed by atoms with van der Waals surface area (Å²) in [6.45, 7) is 0. The lowest BCUT2D eigenvalue weighted by molar-refractivity contribution is -0.139. The van der Waals surface area contributed by atoms with Crippen LogP contribution in [0.15, 0.2) is 18.2 Å². The third-order valence-electron chi connectivity index (χ3n) is 2.69. The van der Waals surface area contributed by atoms with Crippen molar-refractivity contribution >= 4 is 17.6 Å². The average molecular weight is 243 g/mol. The fourth-order valence-electron chi connectivity index (χ4n) is 1.75. The zero-order chi connectivity index (χ0) is 13.0. The molecular weight excluding hydrogens is 230 g/mol. The first-order valence-electron chi connectivity index (χ1n) is 5.67. The van der Waals surface area contributed by atoms with Crippen molar-refractivity contribution in [3.8, 4) is 11.8 Å². The minimum atomic E-state index is -0.340. The van der Waals surface area contributed by atoms with Crippen LogP contribution >= 0.6 is 0 Å². The molecule has 1 aromatic rings. The van der Waals surface area contributed by atoms with Crippen LogP contribution in [0.1, 0.15) is 24.0 Å². The largest absolute Gasteiger partial charge is 0.468 e. The number of ether oxygens (including phenoxy) is 1. The number of hydrogen-bond donors (Lipinski definition) is 1. The van der Waals surface area contributed by atoms with Crippen molar-refractivity contribution in [2.75, 3.05) is 12.4 Å². The molecule has 1 N–H and O–H groups in total. The van der Waals surface area contributed by atoms with E-state index >= 15 is 0 Å². The third-order valence-corrected chi connectivity index (χ3v) is 2.69. The average Bonchev–Trinajstić information content (AvgIpc) is 2.38. The minimum Gasteiger partial charge on any atom is -0.468 e. The molecule has 0 saturated carbocycles. The zero-order valence-electron chi connectivity index (χ0n) is 10.1. The Morgan fingerprint density at radius 3 is 3.06 bits per heavy atom. The van der Waals surface area contributed by atoms with E-state index < -0.39 is 0 Å². The predicted molar refractivity (Wildman–Crippen MR) is 66.9 cm³/mol. The van der Waals surface area contributed by atoms with Gasteiger partial charge in [-0.25, -0.2) is 0 Å². The summed E-state index contributed by atoms with van der Waals surface area (Å²) in [5, 5.41) is 2.81. The van der Waals surface area contributed by atoms with Crippen molar-refractivity contribution in [1.82, 2.24) is 0 Å². The molecule has 0 radical (unpaired) electrons. The molecule has 0 unspecified atom stereocenters. The Hall–Kier alpha value is -2.28. The molecule has 1 aliphatic heterocycles. The first kappa shape index (κ1) is 12.2. The van der Waals surface area contributed by atoms with Crippen LogP contribution in [-0.2, 0) is 20.7 Å². The monoisotopic (exact) mass is 243 g/mol. The number of aryl methyl sites for hydroxylation is 1. The van der Waals surface area contributed by atoms with Crippen LogP contribution in [0.4, 0.5) is 5.69 Å². The van der Waals surface area contributed by atoms with Gasteiger partial charge in [0.25, 0.3) is 0 Å². The maximum absolute atomic E-state index is 11.2. The van der Waals surface area contributed by atoms with Crippen molar-refractivity contribution in [3.63, 3.8) is 0 Å². The van der Waals surface area contributed by atoms with Crippen LogP contribution < -0.4 is 5.32 Å². The van der Waals surface area contributed by atoms with E-state index in [9.17, 15) is 9.59 Å². The van der Waals surface area contributed by atoms with Gasteiger partial charge in [-0.2, -0.15) is 0 Å². The molecule has 1 aliphatic rings. The Balaban J connectivity index is 2.12. The summed E-state index contributed by atoms with van der Waals surface area (Å²) in [6, 6.07) is 5.61. The van der Waals surface area contributed by atoms with Gasteiger partial charge in [-0.3, -0.25) is 9.59 Å². The van der Waals surface area contributed by atoms with Crippen molar-refractivity contribution in [2.45, 2.75) is 19.3 Å². The highest BCUT2D eigenvalue weighted by Crippen LogP contribution is 2.23. The fourth-order valence-corrected chi connectivity index (χ4v) is 1.75. The van der Waals surface area contributed by atoms with Crippen molar-refractivity contribution < 1.29 is 14.3 Å². The van der Waals surface area contributed by atoms with E-state index in [-0.39, 0.29) is 18.3 Å². The van der Waals surface area contributed by atoms with E-state index in [1.54, 1.807) is 0 Å². The molecule has 4 heteroatoms. The highest BCUT2D eigenvalue weighted by atomic mass is 16.5. The van der Waals surface area contributed by atoms with E-state index in [1.807, 2.05) is 18.2 Å². The molecule has 0 spiro atoms. The minimum absolute atomic E-state index is 0.0482. The number of carbonyl (C=O) groups is 2. The Morgan fingerprint density at radius 2 is 2.28 bits per heavy atom. The number of methoxy groups -OCH3 is 1. The first-order chi connectivity index (χ1) is 8.69. The second-order valence-electron chi connectivity index (χ2n) is 3.97. The van der Waals surface area contributed by atoms with E-state index in [0.29, 0.717) is 6.42 Å². The predicted octanol–water partition coefficient (Wildman–Crippen LogP) is 1.49. The van der Waals surface area contributed by atoms with Crippen molar-refractivity contribution in [1.29, 1.82) is 0 Å². The Morgan fingerprint density at radius 1 is 1.44 bits per heavy atom. The van der Waals surface area contributed by atoms with Crippen LogP contribution in [0.3, 0.4) is 0 Å². The fraction of sp³-hybridized carbons (Fsp3) is 0.286. The lowest BCUT2D eigenvalue weighted by Gasteiger charge is -2.16. The maximum Gasteiger partial charge on any atom is 0.317 e. The van der Waals surface area contributed by atoms with Crippen LogP contribution in [0.2, 0.25) is 0 Å². The standard InChI is InChI=1S/C14H13NO3/c1-18-14(17)4-2-3-10-5-7-12-11(9-10)6-8-13(16)15-12/h5,7,9H,4,6,8H2,1H3,(H,15,16). The van der Waals surface area contributed by atoms with Crippen LogP contribution in [0, 0.1) is 11.8 Å². The normalized spacial score (nSPS) is 12.8. The van der Waals surface area contributed by atoms with Gasteiger partial charge in [0.2, 0.25) is 5.91 Å². The van der Waals surface area contributed by atoms with Gasteiger partial charge in [0, 0.05) is 17.7 Å². The summed E-state index contributed by atoms with van der Waals surface area (Å²) in [6.07, 6.45) is 1.32. The summed E-state index contributed by atoms with van der Waals surface area (Å²) in [5.41, 5.74) is 2.78. The Labute approximate surface area is 105 Å². The number of anilines is 1. The molecule has 0 aliphatic carbocycles. The smallest absolute Gasteiger partial charge is 0.317 e. The first-order valence-corrected chi connectivity index (χ1v) is 5.67. The van der Waals surface area contributed by atoms with Crippen LogP contribution in [0.5, 0.6) is 0 Å². The van der Waals surface area contributed by atoms with Crippen LogP contribution in [0.25, 0.3) is 0 Å². The topological polar surface area (TPSA) is 55.4 Å². The second kappa shape index (κ2) is 5.37. The molecular formula is C14H13NO3. The lowest BCUT2D eigenvalue weighted by Crippen LogP contribution is -2.18. The second-order valence-corrected chi connectivity index (χ2v) is 3.97. The molecule has 1 heterocycles. The molecule has 18 heavy (non-hydrogen) atoms. The molecule has 0 bridgehead atoms. The number of hydrogen-bond acceptors (Lipinski definition) is 3.